The van der Waals surface area contributed by atoms with Gasteiger partial charge >= 0.3 is 0 Å². The largest absolute Gasteiger partial charge is 0.294 e. The van der Waals surface area contributed by atoms with E-state index >= 15 is 0 Å². The first kappa shape index (κ1) is 16.9. The summed E-state index contributed by atoms with van der Waals surface area (Å²) >= 11 is 0. The van der Waals surface area contributed by atoms with Gasteiger partial charge in [0.25, 0.3) is 0 Å². The van der Waals surface area contributed by atoms with Crippen LogP contribution in [0.2, 0.25) is 0 Å². The van der Waals surface area contributed by atoms with Gasteiger partial charge in [0.15, 0.2) is 0 Å². The third-order valence-electron chi connectivity index (χ3n) is 5.37. The van der Waals surface area contributed by atoms with Gasteiger partial charge in [-0.15, -0.1) is 0 Å². The van der Waals surface area contributed by atoms with Crippen LogP contribution in [0.3, 0.4) is 0 Å². The highest BCUT2D eigenvalue weighted by molar-refractivity contribution is 5.69. The second-order valence-electron chi connectivity index (χ2n) is 7.32. The average Bonchev–Trinajstić information content (AvgIpc) is 3.19. The summed E-state index contributed by atoms with van der Waals surface area (Å²) in [6, 6.07) is 18.9. The summed E-state index contributed by atoms with van der Waals surface area (Å²) in [7, 11) is 0. The molecule has 3 heteroatoms. The molecule has 1 fully saturated rings. The highest BCUT2D eigenvalue weighted by Crippen LogP contribution is 2.34. The van der Waals surface area contributed by atoms with Crippen LogP contribution in [0.25, 0.3) is 22.3 Å². The van der Waals surface area contributed by atoms with Gasteiger partial charge in [-0.25, -0.2) is 9.97 Å². The number of hydrogen-bond acceptors (Lipinski definition) is 3. The lowest BCUT2D eigenvalue weighted by atomic mass is 9.98. The number of likely N-dealkylation sites (tertiary alicyclic amines) is 1. The molecule has 0 amide bonds. The van der Waals surface area contributed by atoms with Crippen molar-refractivity contribution in [1.82, 2.24) is 14.9 Å². The fourth-order valence-corrected chi connectivity index (χ4v) is 3.97. The molecule has 1 aromatic heterocycles. The number of benzene rings is 2. The van der Waals surface area contributed by atoms with Crippen LogP contribution in [0.4, 0.5) is 0 Å². The van der Waals surface area contributed by atoms with Crippen LogP contribution in [-0.4, -0.2) is 27.5 Å². The maximum absolute atomic E-state index is 4.09. The molecule has 26 heavy (non-hydrogen) atoms. The van der Waals surface area contributed by atoms with Gasteiger partial charge in [-0.3, -0.25) is 4.90 Å². The van der Waals surface area contributed by atoms with Crippen molar-refractivity contribution in [2.24, 2.45) is 0 Å². The number of rotatable bonds is 4. The standard InChI is InChI=1S/C23H25N3/c1-17(2)26-13-3-4-23(26)21-11-9-19(10-12-21)18-5-7-20(8-6-18)22-14-24-16-25-15-22/h5-12,14-17,23H,3-4,13H2,1-2H3. The van der Waals surface area contributed by atoms with Crippen molar-refractivity contribution >= 4 is 0 Å². The van der Waals surface area contributed by atoms with Crippen LogP contribution in [-0.2, 0) is 0 Å². The Balaban J connectivity index is 1.54. The van der Waals surface area contributed by atoms with E-state index in [-0.39, 0.29) is 0 Å². The molecule has 0 radical (unpaired) electrons. The maximum Gasteiger partial charge on any atom is 0.115 e. The zero-order valence-corrected chi connectivity index (χ0v) is 15.5. The van der Waals surface area contributed by atoms with Gasteiger partial charge in [0.2, 0.25) is 0 Å². The van der Waals surface area contributed by atoms with E-state index in [0.29, 0.717) is 12.1 Å². The lowest BCUT2D eigenvalue weighted by Crippen LogP contribution is -2.30. The molecule has 1 aliphatic rings. The molecule has 0 saturated carbocycles. The lowest BCUT2D eigenvalue weighted by Gasteiger charge is -2.28. The molecule has 1 unspecified atom stereocenters. The molecule has 4 rings (SSSR count). The Morgan fingerprint density at radius 3 is 1.92 bits per heavy atom. The van der Waals surface area contributed by atoms with Crippen molar-refractivity contribution < 1.29 is 0 Å². The molecular formula is C23H25N3. The Labute approximate surface area is 155 Å². The maximum atomic E-state index is 4.09. The van der Waals surface area contributed by atoms with Gasteiger partial charge in [0.1, 0.15) is 6.33 Å². The van der Waals surface area contributed by atoms with E-state index in [9.17, 15) is 0 Å². The van der Waals surface area contributed by atoms with Crippen LogP contribution in [0, 0.1) is 0 Å². The quantitative estimate of drug-likeness (QED) is 0.639. The lowest BCUT2D eigenvalue weighted by molar-refractivity contribution is 0.205. The molecule has 0 bridgehead atoms. The Bertz CT molecular complexity index is 839. The normalized spacial score (nSPS) is 17.7. The predicted molar refractivity (Wildman–Crippen MR) is 107 cm³/mol. The van der Waals surface area contributed by atoms with Crippen LogP contribution >= 0.6 is 0 Å². The Kier molecular flexibility index (Phi) is 4.81. The van der Waals surface area contributed by atoms with Crippen molar-refractivity contribution in [3.05, 3.63) is 72.8 Å². The highest BCUT2D eigenvalue weighted by atomic mass is 15.2. The molecule has 1 atom stereocenters. The van der Waals surface area contributed by atoms with Crippen molar-refractivity contribution in [3.8, 4) is 22.3 Å². The second-order valence-corrected chi connectivity index (χ2v) is 7.32. The van der Waals surface area contributed by atoms with Crippen molar-refractivity contribution in [1.29, 1.82) is 0 Å². The van der Waals surface area contributed by atoms with E-state index in [0.717, 1.165) is 11.1 Å². The second kappa shape index (κ2) is 7.38. The first-order valence-electron chi connectivity index (χ1n) is 9.44. The van der Waals surface area contributed by atoms with E-state index in [2.05, 4.69) is 77.2 Å². The molecule has 2 heterocycles. The van der Waals surface area contributed by atoms with Gasteiger partial charge in [-0.1, -0.05) is 48.5 Å². The first-order valence-corrected chi connectivity index (χ1v) is 9.44. The first-order chi connectivity index (χ1) is 12.7. The topological polar surface area (TPSA) is 29.0 Å². The highest BCUT2D eigenvalue weighted by Gasteiger charge is 2.27. The van der Waals surface area contributed by atoms with Crippen molar-refractivity contribution in [2.75, 3.05) is 6.54 Å². The van der Waals surface area contributed by atoms with E-state index < -0.39 is 0 Å². The van der Waals surface area contributed by atoms with Crippen LogP contribution < -0.4 is 0 Å². The molecule has 0 aliphatic carbocycles. The van der Waals surface area contributed by atoms with Gasteiger partial charge in [0.05, 0.1) is 0 Å². The number of hydrogen-bond donors (Lipinski definition) is 0. The zero-order valence-electron chi connectivity index (χ0n) is 15.5. The fraction of sp³-hybridized carbons (Fsp3) is 0.304. The van der Waals surface area contributed by atoms with Crippen LogP contribution in [0.1, 0.15) is 38.3 Å². The van der Waals surface area contributed by atoms with Gasteiger partial charge in [-0.05, 0) is 55.5 Å². The minimum Gasteiger partial charge on any atom is -0.294 e. The molecule has 3 nitrogen and oxygen atoms in total. The van der Waals surface area contributed by atoms with Crippen LogP contribution in [0.5, 0.6) is 0 Å². The smallest absolute Gasteiger partial charge is 0.115 e. The van der Waals surface area contributed by atoms with Gasteiger partial charge < -0.3 is 0 Å². The van der Waals surface area contributed by atoms with E-state index in [4.69, 9.17) is 0 Å². The predicted octanol–water partition coefficient (Wildman–Crippen LogP) is 5.36. The minimum atomic E-state index is 0.574. The molecule has 2 aromatic carbocycles. The van der Waals surface area contributed by atoms with E-state index in [1.165, 1.54) is 36.1 Å². The minimum absolute atomic E-state index is 0.574. The zero-order chi connectivity index (χ0) is 17.9. The summed E-state index contributed by atoms with van der Waals surface area (Å²) in [5.41, 5.74) is 6.13. The number of aromatic nitrogens is 2. The van der Waals surface area contributed by atoms with Gasteiger partial charge in [0, 0.05) is 30.0 Å². The Hall–Kier alpha value is -2.52. The molecule has 1 aliphatic heterocycles. The molecule has 0 spiro atoms. The molecule has 0 N–H and O–H groups in total. The van der Waals surface area contributed by atoms with Crippen LogP contribution in [0.15, 0.2) is 67.3 Å². The van der Waals surface area contributed by atoms with Gasteiger partial charge in [-0.2, -0.15) is 0 Å². The summed E-state index contributed by atoms with van der Waals surface area (Å²) in [6.45, 7) is 5.81. The van der Waals surface area contributed by atoms with Crippen molar-refractivity contribution in [3.63, 3.8) is 0 Å². The average molecular weight is 343 g/mol. The van der Waals surface area contributed by atoms with E-state index in [1.807, 2.05) is 12.4 Å². The fourth-order valence-electron chi connectivity index (χ4n) is 3.97. The molecular weight excluding hydrogens is 318 g/mol. The summed E-state index contributed by atoms with van der Waals surface area (Å²) in [5.74, 6) is 0. The summed E-state index contributed by atoms with van der Waals surface area (Å²) < 4.78 is 0. The third-order valence-corrected chi connectivity index (χ3v) is 5.37. The third kappa shape index (κ3) is 3.40. The summed E-state index contributed by atoms with van der Waals surface area (Å²) in [6.07, 6.45) is 7.82. The summed E-state index contributed by atoms with van der Waals surface area (Å²) in [4.78, 5) is 10.8. The monoisotopic (exact) mass is 343 g/mol. The molecule has 1 saturated heterocycles. The van der Waals surface area contributed by atoms with E-state index in [1.54, 1.807) is 6.33 Å². The molecule has 132 valence electrons. The Morgan fingerprint density at radius 2 is 1.35 bits per heavy atom. The Morgan fingerprint density at radius 1 is 0.808 bits per heavy atom. The SMILES string of the molecule is CC(C)N1CCCC1c1ccc(-c2ccc(-c3cncnc3)cc2)cc1. The van der Waals surface area contributed by atoms with Crippen molar-refractivity contribution in [2.45, 2.75) is 38.8 Å². The summed E-state index contributed by atoms with van der Waals surface area (Å²) in [5, 5.41) is 0. The molecule has 3 aromatic rings. The number of nitrogens with zero attached hydrogens (tertiary/aromatic N) is 3.